The van der Waals surface area contributed by atoms with Crippen molar-refractivity contribution in [2.24, 2.45) is 0 Å². The topological polar surface area (TPSA) is 46.3 Å². The second-order valence-corrected chi connectivity index (χ2v) is 4.68. The van der Waals surface area contributed by atoms with E-state index < -0.39 is 0 Å². The smallest absolute Gasteiger partial charge is 0.235 e. The molecule has 0 aromatic carbocycles. The Morgan fingerprint density at radius 3 is 2.87 bits per heavy atom. The minimum Gasteiger partial charge on any atom is -0.361 e. The summed E-state index contributed by atoms with van der Waals surface area (Å²) in [6, 6.07) is 1.84. The molecular weight excluding hydrogens is 212 g/mol. The molecule has 0 fully saturated rings. The van der Waals surface area contributed by atoms with Gasteiger partial charge < -0.3 is 9.42 Å². The number of aryl methyl sites for hydroxylation is 1. The van der Waals surface area contributed by atoms with Gasteiger partial charge in [0.25, 0.3) is 0 Å². The van der Waals surface area contributed by atoms with Crippen LogP contribution in [0.1, 0.15) is 18.4 Å². The highest BCUT2D eigenvalue weighted by Gasteiger charge is 2.17. The number of thioether (sulfide) groups is 1. The fourth-order valence-electron chi connectivity index (χ4n) is 1.22. The number of hydrogen-bond donors (Lipinski definition) is 0. The largest absolute Gasteiger partial charge is 0.361 e. The van der Waals surface area contributed by atoms with Crippen LogP contribution in [0.3, 0.4) is 0 Å². The van der Waals surface area contributed by atoms with Crippen LogP contribution in [-0.4, -0.2) is 34.5 Å². The van der Waals surface area contributed by atoms with E-state index in [2.05, 4.69) is 5.16 Å². The molecule has 1 atom stereocenters. The fourth-order valence-corrected chi connectivity index (χ4v) is 1.61. The van der Waals surface area contributed by atoms with Gasteiger partial charge in [-0.2, -0.15) is 11.8 Å². The van der Waals surface area contributed by atoms with E-state index >= 15 is 0 Å². The summed E-state index contributed by atoms with van der Waals surface area (Å²) in [4.78, 5) is 13.4. The highest BCUT2D eigenvalue weighted by Crippen LogP contribution is 2.11. The zero-order chi connectivity index (χ0) is 11.4. The number of hydrogen-bond acceptors (Lipinski definition) is 4. The van der Waals surface area contributed by atoms with E-state index in [4.69, 9.17) is 4.52 Å². The van der Waals surface area contributed by atoms with Crippen LogP contribution in [0.25, 0.3) is 0 Å². The van der Waals surface area contributed by atoms with Gasteiger partial charge in [0.1, 0.15) is 11.5 Å². The van der Waals surface area contributed by atoms with E-state index in [1.807, 2.05) is 26.2 Å². The summed E-state index contributed by atoms with van der Waals surface area (Å²) >= 11 is 1.54. The van der Waals surface area contributed by atoms with Gasteiger partial charge in [-0.05, 0) is 20.1 Å². The Balaban J connectivity index is 2.55. The Hall–Kier alpha value is -0.970. The van der Waals surface area contributed by atoms with Crippen molar-refractivity contribution < 1.29 is 9.32 Å². The Bertz CT molecular complexity index is 338. The number of amides is 1. The molecule has 0 aliphatic carbocycles. The first-order valence-electron chi connectivity index (χ1n) is 4.74. The average molecular weight is 228 g/mol. The third kappa shape index (κ3) is 3.27. The zero-order valence-corrected chi connectivity index (χ0v) is 10.3. The molecule has 1 aromatic rings. The van der Waals surface area contributed by atoms with Crippen molar-refractivity contribution in [2.75, 3.05) is 13.3 Å². The van der Waals surface area contributed by atoms with Crippen molar-refractivity contribution in [1.82, 2.24) is 10.1 Å². The number of carbonyl (C=O) groups is 1. The van der Waals surface area contributed by atoms with Crippen LogP contribution in [0.4, 0.5) is 0 Å². The minimum atomic E-state index is -0.0111. The molecule has 1 aromatic heterocycles. The first kappa shape index (κ1) is 12.1. The summed E-state index contributed by atoms with van der Waals surface area (Å²) < 4.78 is 4.94. The first-order chi connectivity index (χ1) is 7.04. The maximum absolute atomic E-state index is 11.7. The summed E-state index contributed by atoms with van der Waals surface area (Å²) in [5.74, 6) is 0.881. The summed E-state index contributed by atoms with van der Waals surface area (Å²) in [7, 11) is 1.78. The number of nitrogens with zero attached hydrogens (tertiary/aromatic N) is 2. The van der Waals surface area contributed by atoms with Crippen LogP contribution in [0, 0.1) is 6.92 Å². The number of rotatable bonds is 4. The van der Waals surface area contributed by atoms with Crippen molar-refractivity contribution >= 4 is 17.7 Å². The molecule has 0 spiro atoms. The summed E-state index contributed by atoms with van der Waals surface area (Å²) in [6.45, 7) is 4.24. The van der Waals surface area contributed by atoms with Gasteiger partial charge in [0.15, 0.2) is 0 Å². The SMILES string of the molecule is CS[C@H](C)C(=O)N(C)Cc1cc(C)on1. The molecule has 0 saturated heterocycles. The second kappa shape index (κ2) is 5.21. The van der Waals surface area contributed by atoms with E-state index in [0.717, 1.165) is 11.5 Å². The summed E-state index contributed by atoms with van der Waals surface area (Å²) in [5.41, 5.74) is 0.789. The molecule has 0 bridgehead atoms. The van der Waals surface area contributed by atoms with E-state index in [1.165, 1.54) is 0 Å². The maximum atomic E-state index is 11.7. The van der Waals surface area contributed by atoms with Crippen molar-refractivity contribution in [3.05, 3.63) is 17.5 Å². The van der Waals surface area contributed by atoms with Gasteiger partial charge in [0.2, 0.25) is 5.91 Å². The zero-order valence-electron chi connectivity index (χ0n) is 9.48. The van der Waals surface area contributed by atoms with E-state index in [9.17, 15) is 4.79 Å². The molecule has 5 heteroatoms. The maximum Gasteiger partial charge on any atom is 0.235 e. The Morgan fingerprint density at radius 1 is 1.73 bits per heavy atom. The van der Waals surface area contributed by atoms with E-state index in [1.54, 1.807) is 23.7 Å². The average Bonchev–Trinajstić information content (AvgIpc) is 2.61. The van der Waals surface area contributed by atoms with Crippen LogP contribution in [0.15, 0.2) is 10.6 Å². The lowest BCUT2D eigenvalue weighted by atomic mass is 10.3. The molecule has 1 rings (SSSR count). The Morgan fingerprint density at radius 2 is 2.40 bits per heavy atom. The second-order valence-electron chi connectivity index (χ2n) is 3.50. The van der Waals surface area contributed by atoms with Gasteiger partial charge in [0, 0.05) is 13.1 Å². The summed E-state index contributed by atoms with van der Waals surface area (Å²) in [5, 5.41) is 3.84. The van der Waals surface area contributed by atoms with Crippen LogP contribution in [0.2, 0.25) is 0 Å². The van der Waals surface area contributed by atoms with Gasteiger partial charge >= 0.3 is 0 Å². The fraction of sp³-hybridized carbons (Fsp3) is 0.600. The standard InChI is InChI=1S/C10H16N2O2S/c1-7-5-9(11-14-7)6-12(3)10(13)8(2)15-4/h5,8H,6H2,1-4H3/t8-/m1/s1. The molecule has 0 aliphatic rings. The van der Waals surface area contributed by atoms with Gasteiger partial charge in [-0.3, -0.25) is 4.79 Å². The predicted octanol–water partition coefficient (Wildman–Crippen LogP) is 1.69. The molecule has 1 amide bonds. The van der Waals surface area contributed by atoms with Gasteiger partial charge in [-0.1, -0.05) is 5.16 Å². The van der Waals surface area contributed by atoms with E-state index in [-0.39, 0.29) is 11.2 Å². The molecule has 0 N–H and O–H groups in total. The molecule has 84 valence electrons. The Kier molecular flexibility index (Phi) is 4.20. The lowest BCUT2D eigenvalue weighted by Gasteiger charge is -2.18. The molecule has 0 saturated carbocycles. The van der Waals surface area contributed by atoms with Gasteiger partial charge in [-0.25, -0.2) is 0 Å². The summed E-state index contributed by atoms with van der Waals surface area (Å²) in [6.07, 6.45) is 1.93. The van der Waals surface area contributed by atoms with Crippen molar-refractivity contribution in [3.63, 3.8) is 0 Å². The molecule has 0 radical (unpaired) electrons. The van der Waals surface area contributed by atoms with Gasteiger partial charge in [0.05, 0.1) is 11.8 Å². The third-order valence-electron chi connectivity index (χ3n) is 2.15. The molecule has 0 aliphatic heterocycles. The quantitative estimate of drug-likeness (QED) is 0.786. The highest BCUT2D eigenvalue weighted by molar-refractivity contribution is 7.99. The van der Waals surface area contributed by atoms with Crippen molar-refractivity contribution in [3.8, 4) is 0 Å². The van der Waals surface area contributed by atoms with Crippen LogP contribution in [0.5, 0.6) is 0 Å². The molecule has 4 nitrogen and oxygen atoms in total. The monoisotopic (exact) mass is 228 g/mol. The molecule has 1 heterocycles. The van der Waals surface area contributed by atoms with Crippen molar-refractivity contribution in [1.29, 1.82) is 0 Å². The molecule has 0 unspecified atom stereocenters. The van der Waals surface area contributed by atoms with E-state index in [0.29, 0.717) is 6.54 Å². The van der Waals surface area contributed by atoms with Gasteiger partial charge in [-0.15, -0.1) is 0 Å². The Labute approximate surface area is 94.0 Å². The van der Waals surface area contributed by atoms with Crippen LogP contribution in [-0.2, 0) is 11.3 Å². The number of carbonyl (C=O) groups excluding carboxylic acids is 1. The van der Waals surface area contributed by atoms with Crippen molar-refractivity contribution in [2.45, 2.75) is 25.6 Å². The first-order valence-corrected chi connectivity index (χ1v) is 6.03. The highest BCUT2D eigenvalue weighted by atomic mass is 32.2. The molecular formula is C10H16N2O2S. The lowest BCUT2D eigenvalue weighted by molar-refractivity contribution is -0.129. The normalized spacial score (nSPS) is 12.5. The van der Waals surface area contributed by atoms with Crippen LogP contribution >= 0.6 is 11.8 Å². The third-order valence-corrected chi connectivity index (χ3v) is 3.06. The minimum absolute atomic E-state index is 0.0111. The van der Waals surface area contributed by atoms with Crippen LogP contribution < -0.4 is 0 Å². The number of aromatic nitrogens is 1. The lowest BCUT2D eigenvalue weighted by Crippen LogP contribution is -2.32. The predicted molar refractivity (Wildman–Crippen MR) is 60.7 cm³/mol. The molecule has 15 heavy (non-hydrogen) atoms.